The van der Waals surface area contributed by atoms with Gasteiger partial charge in [0.2, 0.25) is 0 Å². The van der Waals surface area contributed by atoms with Crippen molar-refractivity contribution in [3.05, 3.63) is 35.6 Å². The van der Waals surface area contributed by atoms with Crippen LogP contribution in [0.15, 0.2) is 24.3 Å². The van der Waals surface area contributed by atoms with Gasteiger partial charge in [0, 0.05) is 6.42 Å². The van der Waals surface area contributed by atoms with E-state index in [9.17, 15) is 9.18 Å². The summed E-state index contributed by atoms with van der Waals surface area (Å²) in [5, 5.41) is 3.29. The van der Waals surface area contributed by atoms with E-state index in [-0.39, 0.29) is 23.3 Å². The molecule has 1 atom stereocenters. The van der Waals surface area contributed by atoms with E-state index in [4.69, 9.17) is 4.74 Å². The molecule has 4 heteroatoms. The molecule has 0 amide bonds. The van der Waals surface area contributed by atoms with Crippen molar-refractivity contribution in [2.75, 3.05) is 13.1 Å². The summed E-state index contributed by atoms with van der Waals surface area (Å²) in [6.07, 6.45) is 3.25. The Hall–Kier alpha value is -1.42. The molecule has 0 radical (unpaired) electrons. The Morgan fingerprint density at radius 1 is 1.26 bits per heavy atom. The van der Waals surface area contributed by atoms with Crippen molar-refractivity contribution in [3.63, 3.8) is 0 Å². The van der Waals surface area contributed by atoms with Gasteiger partial charge < -0.3 is 10.1 Å². The SMILES string of the molecule is O=C1OC2(CCNCC2)C[C@H]1Cc1ccc(F)cc1. The Labute approximate surface area is 112 Å². The van der Waals surface area contributed by atoms with Gasteiger partial charge in [-0.3, -0.25) is 4.79 Å². The first-order chi connectivity index (χ1) is 9.17. The van der Waals surface area contributed by atoms with Crippen molar-refractivity contribution in [1.29, 1.82) is 0 Å². The maximum Gasteiger partial charge on any atom is 0.309 e. The second kappa shape index (κ2) is 4.93. The monoisotopic (exact) mass is 263 g/mol. The van der Waals surface area contributed by atoms with Gasteiger partial charge in [-0.1, -0.05) is 12.1 Å². The smallest absolute Gasteiger partial charge is 0.309 e. The molecular weight excluding hydrogens is 245 g/mol. The molecule has 1 aromatic rings. The van der Waals surface area contributed by atoms with Crippen molar-refractivity contribution >= 4 is 5.97 Å². The van der Waals surface area contributed by atoms with Gasteiger partial charge >= 0.3 is 5.97 Å². The van der Waals surface area contributed by atoms with Gasteiger partial charge in [0.05, 0.1) is 5.92 Å². The van der Waals surface area contributed by atoms with E-state index in [0.717, 1.165) is 37.9 Å². The molecule has 0 aliphatic carbocycles. The number of hydrogen-bond donors (Lipinski definition) is 1. The molecule has 2 fully saturated rings. The molecule has 0 bridgehead atoms. The molecule has 1 N–H and O–H groups in total. The third kappa shape index (κ3) is 2.63. The van der Waals surface area contributed by atoms with Crippen LogP contribution in [-0.4, -0.2) is 24.7 Å². The molecule has 2 aliphatic rings. The lowest BCUT2D eigenvalue weighted by molar-refractivity contribution is -0.152. The largest absolute Gasteiger partial charge is 0.459 e. The van der Waals surface area contributed by atoms with Gasteiger partial charge in [-0.2, -0.15) is 0 Å². The fourth-order valence-electron chi connectivity index (χ4n) is 3.12. The van der Waals surface area contributed by atoms with E-state index in [1.54, 1.807) is 12.1 Å². The van der Waals surface area contributed by atoms with Crippen LogP contribution in [-0.2, 0) is 16.0 Å². The van der Waals surface area contributed by atoms with Crippen LogP contribution in [0.3, 0.4) is 0 Å². The minimum atomic E-state index is -0.243. The predicted octanol–water partition coefficient (Wildman–Crippen LogP) is 2.05. The highest BCUT2D eigenvalue weighted by Crippen LogP contribution is 2.39. The number of rotatable bonds is 2. The summed E-state index contributed by atoms with van der Waals surface area (Å²) >= 11 is 0. The lowest BCUT2D eigenvalue weighted by Crippen LogP contribution is -2.41. The molecular formula is C15H18FNO2. The topological polar surface area (TPSA) is 38.3 Å². The number of halogens is 1. The van der Waals surface area contributed by atoms with Crippen LogP contribution in [0.1, 0.15) is 24.8 Å². The second-order valence-corrected chi connectivity index (χ2v) is 5.59. The summed E-state index contributed by atoms with van der Waals surface area (Å²) in [4.78, 5) is 12.0. The lowest BCUT2D eigenvalue weighted by Gasteiger charge is -2.32. The minimum Gasteiger partial charge on any atom is -0.459 e. The van der Waals surface area contributed by atoms with E-state index in [1.165, 1.54) is 12.1 Å². The summed E-state index contributed by atoms with van der Waals surface area (Å²) in [6.45, 7) is 1.83. The Morgan fingerprint density at radius 2 is 1.95 bits per heavy atom. The highest BCUT2D eigenvalue weighted by Gasteiger charge is 2.46. The molecule has 19 heavy (non-hydrogen) atoms. The van der Waals surface area contributed by atoms with Gasteiger partial charge in [-0.25, -0.2) is 4.39 Å². The number of ether oxygens (including phenoxy) is 1. The van der Waals surface area contributed by atoms with Gasteiger partial charge in [0.25, 0.3) is 0 Å². The number of carbonyl (C=O) groups is 1. The van der Waals surface area contributed by atoms with Crippen molar-refractivity contribution < 1.29 is 13.9 Å². The lowest BCUT2D eigenvalue weighted by atomic mass is 9.84. The minimum absolute atomic E-state index is 0.0800. The van der Waals surface area contributed by atoms with Crippen LogP contribution in [0.4, 0.5) is 4.39 Å². The van der Waals surface area contributed by atoms with Gasteiger partial charge in [0.1, 0.15) is 11.4 Å². The highest BCUT2D eigenvalue weighted by atomic mass is 19.1. The van der Waals surface area contributed by atoms with Gasteiger partial charge in [-0.05, 0) is 50.0 Å². The Balaban J connectivity index is 1.68. The zero-order valence-corrected chi connectivity index (χ0v) is 10.8. The third-order valence-corrected chi connectivity index (χ3v) is 4.18. The maximum absolute atomic E-state index is 12.9. The third-order valence-electron chi connectivity index (χ3n) is 4.18. The second-order valence-electron chi connectivity index (χ2n) is 5.59. The molecule has 0 aromatic heterocycles. The maximum atomic E-state index is 12.9. The molecule has 1 spiro atoms. The quantitative estimate of drug-likeness (QED) is 0.830. The van der Waals surface area contributed by atoms with E-state index >= 15 is 0 Å². The zero-order chi connectivity index (χ0) is 13.3. The zero-order valence-electron chi connectivity index (χ0n) is 10.8. The van der Waals surface area contributed by atoms with Crippen molar-refractivity contribution in [2.24, 2.45) is 5.92 Å². The average Bonchev–Trinajstić information content (AvgIpc) is 2.69. The van der Waals surface area contributed by atoms with Crippen LogP contribution < -0.4 is 5.32 Å². The Morgan fingerprint density at radius 3 is 2.63 bits per heavy atom. The normalized spacial score (nSPS) is 25.5. The first-order valence-electron chi connectivity index (χ1n) is 6.85. The van der Waals surface area contributed by atoms with E-state index < -0.39 is 0 Å². The first-order valence-corrected chi connectivity index (χ1v) is 6.85. The summed E-state index contributed by atoms with van der Waals surface area (Å²) in [6, 6.07) is 6.37. The standard InChI is InChI=1S/C15H18FNO2/c16-13-3-1-11(2-4-13)9-12-10-15(19-14(12)18)5-7-17-8-6-15/h1-4,12,17H,5-10H2/t12-/m1/s1. The molecule has 3 nitrogen and oxygen atoms in total. The van der Waals surface area contributed by atoms with E-state index in [2.05, 4.69) is 5.32 Å². The number of carbonyl (C=O) groups excluding carboxylic acids is 1. The summed E-state index contributed by atoms with van der Waals surface area (Å²) < 4.78 is 18.5. The fraction of sp³-hybridized carbons (Fsp3) is 0.533. The molecule has 3 rings (SSSR count). The number of esters is 1. The fourth-order valence-corrected chi connectivity index (χ4v) is 3.12. The summed E-state index contributed by atoms with van der Waals surface area (Å²) in [7, 11) is 0. The number of hydrogen-bond acceptors (Lipinski definition) is 3. The molecule has 0 unspecified atom stereocenters. The van der Waals surface area contributed by atoms with Crippen LogP contribution >= 0.6 is 0 Å². The van der Waals surface area contributed by atoms with E-state index in [1.807, 2.05) is 0 Å². The molecule has 102 valence electrons. The van der Waals surface area contributed by atoms with Crippen LogP contribution in [0.25, 0.3) is 0 Å². The molecule has 1 aromatic carbocycles. The summed E-state index contributed by atoms with van der Waals surface area (Å²) in [5.74, 6) is -0.414. The predicted molar refractivity (Wildman–Crippen MR) is 69.1 cm³/mol. The van der Waals surface area contributed by atoms with Gasteiger partial charge in [-0.15, -0.1) is 0 Å². The Bertz CT molecular complexity index is 466. The molecule has 0 saturated carbocycles. The number of benzene rings is 1. The van der Waals surface area contributed by atoms with Crippen molar-refractivity contribution in [3.8, 4) is 0 Å². The van der Waals surface area contributed by atoms with Crippen LogP contribution in [0.2, 0.25) is 0 Å². The van der Waals surface area contributed by atoms with E-state index in [0.29, 0.717) is 6.42 Å². The van der Waals surface area contributed by atoms with Crippen molar-refractivity contribution in [2.45, 2.75) is 31.3 Å². The van der Waals surface area contributed by atoms with Crippen LogP contribution in [0, 0.1) is 11.7 Å². The summed E-state index contributed by atoms with van der Waals surface area (Å²) in [5.41, 5.74) is 0.752. The first kappa shape index (κ1) is 12.6. The molecule has 2 heterocycles. The average molecular weight is 263 g/mol. The number of piperidine rings is 1. The van der Waals surface area contributed by atoms with Crippen LogP contribution in [0.5, 0.6) is 0 Å². The Kier molecular flexibility index (Phi) is 3.27. The number of nitrogens with one attached hydrogen (secondary N) is 1. The van der Waals surface area contributed by atoms with Gasteiger partial charge in [0.15, 0.2) is 0 Å². The highest BCUT2D eigenvalue weighted by molar-refractivity contribution is 5.75. The van der Waals surface area contributed by atoms with Crippen molar-refractivity contribution in [1.82, 2.24) is 5.32 Å². The molecule has 2 saturated heterocycles. The molecule has 2 aliphatic heterocycles.